The first-order valence-corrected chi connectivity index (χ1v) is 6.61. The zero-order valence-electron chi connectivity index (χ0n) is 11.0. The van der Waals surface area contributed by atoms with E-state index in [1.807, 2.05) is 0 Å². The van der Waals surface area contributed by atoms with Crippen LogP contribution in [0.25, 0.3) is 0 Å². The summed E-state index contributed by atoms with van der Waals surface area (Å²) in [5.41, 5.74) is 4.99. The molecule has 1 aromatic carbocycles. The Morgan fingerprint density at radius 2 is 1.67 bits per heavy atom. The van der Waals surface area contributed by atoms with E-state index in [-0.39, 0.29) is 36.8 Å². The third-order valence-corrected chi connectivity index (χ3v) is 3.55. The summed E-state index contributed by atoms with van der Waals surface area (Å²) in [6.45, 7) is 0.844. The first kappa shape index (κ1) is 15.2. The lowest BCUT2D eigenvalue weighted by atomic mass is 10.1. The largest absolute Gasteiger partial charge is 0.361 e. The van der Waals surface area contributed by atoms with E-state index in [1.54, 1.807) is 0 Å². The van der Waals surface area contributed by atoms with Crippen molar-refractivity contribution in [3.8, 4) is 0 Å². The maximum atomic E-state index is 13.2. The third-order valence-electron chi connectivity index (χ3n) is 3.22. The molecular formula is C13H13ClFN3O3. The molecule has 1 aromatic rings. The molecule has 0 unspecified atom stereocenters. The number of carbonyl (C=O) groups excluding carboxylic acids is 3. The Hall–Kier alpha value is -2.15. The molecule has 0 aliphatic carbocycles. The van der Waals surface area contributed by atoms with Crippen molar-refractivity contribution in [1.82, 2.24) is 9.80 Å². The van der Waals surface area contributed by atoms with Gasteiger partial charge in [-0.05, 0) is 18.2 Å². The van der Waals surface area contributed by atoms with Gasteiger partial charge in [0.2, 0.25) is 0 Å². The fourth-order valence-corrected chi connectivity index (χ4v) is 2.30. The van der Waals surface area contributed by atoms with Crippen LogP contribution in [0.15, 0.2) is 18.2 Å². The Morgan fingerprint density at radius 1 is 1.10 bits per heavy atom. The van der Waals surface area contributed by atoms with Crippen LogP contribution in [0.1, 0.15) is 10.4 Å². The van der Waals surface area contributed by atoms with Crippen LogP contribution in [-0.4, -0.2) is 53.7 Å². The minimum atomic E-state index is -1.03. The standard InChI is InChI=1S/C13H13ClFN3O3/c14-10-2-1-8(15)7-9(10)12(20)17-3-5-18(6-4-17)13(21)11(16)19/h1-2,7H,3-6H2,(H2,16,19). The van der Waals surface area contributed by atoms with Gasteiger partial charge in [-0.3, -0.25) is 14.4 Å². The summed E-state index contributed by atoms with van der Waals surface area (Å²) in [5.74, 6) is -2.76. The van der Waals surface area contributed by atoms with E-state index in [2.05, 4.69) is 0 Å². The van der Waals surface area contributed by atoms with Crippen LogP contribution in [0.5, 0.6) is 0 Å². The summed E-state index contributed by atoms with van der Waals surface area (Å²) in [6, 6.07) is 3.56. The van der Waals surface area contributed by atoms with Crippen LogP contribution in [-0.2, 0) is 9.59 Å². The summed E-state index contributed by atoms with van der Waals surface area (Å²) < 4.78 is 13.2. The van der Waals surface area contributed by atoms with Gasteiger partial charge in [0, 0.05) is 26.2 Å². The fourth-order valence-electron chi connectivity index (χ4n) is 2.10. The summed E-state index contributed by atoms with van der Waals surface area (Å²) in [4.78, 5) is 37.2. The zero-order chi connectivity index (χ0) is 15.6. The molecule has 0 radical (unpaired) electrons. The number of benzene rings is 1. The molecule has 6 nitrogen and oxygen atoms in total. The van der Waals surface area contributed by atoms with Crippen molar-refractivity contribution < 1.29 is 18.8 Å². The van der Waals surface area contributed by atoms with Crippen LogP contribution < -0.4 is 5.73 Å². The average molecular weight is 314 g/mol. The van der Waals surface area contributed by atoms with Gasteiger partial charge in [-0.15, -0.1) is 0 Å². The Morgan fingerprint density at radius 3 is 2.24 bits per heavy atom. The van der Waals surface area contributed by atoms with E-state index in [1.165, 1.54) is 21.9 Å². The molecule has 8 heteroatoms. The van der Waals surface area contributed by atoms with Crippen LogP contribution in [0.2, 0.25) is 5.02 Å². The fraction of sp³-hybridized carbons (Fsp3) is 0.308. The number of amides is 3. The molecule has 1 heterocycles. The van der Waals surface area contributed by atoms with Crippen molar-refractivity contribution >= 4 is 29.3 Å². The lowest BCUT2D eigenvalue weighted by Gasteiger charge is -2.34. The van der Waals surface area contributed by atoms with E-state index in [9.17, 15) is 18.8 Å². The number of piperazine rings is 1. The first-order chi connectivity index (χ1) is 9.90. The van der Waals surface area contributed by atoms with Gasteiger partial charge in [0.15, 0.2) is 0 Å². The van der Waals surface area contributed by atoms with Crippen LogP contribution in [0.3, 0.4) is 0 Å². The molecule has 1 aliphatic heterocycles. The second kappa shape index (κ2) is 6.09. The van der Waals surface area contributed by atoms with Gasteiger partial charge in [0.05, 0.1) is 10.6 Å². The summed E-state index contributed by atoms with van der Waals surface area (Å²) >= 11 is 5.89. The minimum absolute atomic E-state index is 0.0753. The van der Waals surface area contributed by atoms with Crippen molar-refractivity contribution in [1.29, 1.82) is 0 Å². The SMILES string of the molecule is NC(=O)C(=O)N1CCN(C(=O)c2cc(F)ccc2Cl)CC1. The molecule has 2 N–H and O–H groups in total. The monoisotopic (exact) mass is 313 g/mol. The van der Waals surface area contributed by atoms with Crippen molar-refractivity contribution in [2.45, 2.75) is 0 Å². The number of nitrogens with two attached hydrogens (primary N) is 1. The van der Waals surface area contributed by atoms with Crippen molar-refractivity contribution in [2.75, 3.05) is 26.2 Å². The quantitative estimate of drug-likeness (QED) is 0.754. The molecular weight excluding hydrogens is 301 g/mol. The maximum Gasteiger partial charge on any atom is 0.311 e. The maximum absolute atomic E-state index is 13.2. The Bertz CT molecular complexity index is 600. The molecule has 1 aliphatic rings. The van der Waals surface area contributed by atoms with E-state index in [0.717, 1.165) is 6.07 Å². The van der Waals surface area contributed by atoms with E-state index >= 15 is 0 Å². The normalized spacial score (nSPS) is 15.0. The summed E-state index contributed by atoms with van der Waals surface area (Å²) in [5, 5.41) is 0.164. The number of carbonyl (C=O) groups is 3. The number of hydrogen-bond acceptors (Lipinski definition) is 3. The Kier molecular flexibility index (Phi) is 4.42. The van der Waals surface area contributed by atoms with Gasteiger partial charge in [-0.2, -0.15) is 0 Å². The molecule has 0 atom stereocenters. The van der Waals surface area contributed by atoms with Crippen LogP contribution >= 0.6 is 11.6 Å². The van der Waals surface area contributed by atoms with E-state index in [4.69, 9.17) is 17.3 Å². The minimum Gasteiger partial charge on any atom is -0.361 e. The van der Waals surface area contributed by atoms with Crippen molar-refractivity contribution in [3.05, 3.63) is 34.6 Å². The Balaban J connectivity index is 2.05. The molecule has 1 fully saturated rings. The molecule has 1 saturated heterocycles. The van der Waals surface area contributed by atoms with E-state index < -0.39 is 23.5 Å². The summed E-state index contributed by atoms with van der Waals surface area (Å²) in [7, 11) is 0. The number of primary amides is 1. The average Bonchev–Trinajstić information content (AvgIpc) is 2.48. The molecule has 0 aromatic heterocycles. The Labute approximate surface area is 125 Å². The van der Waals surface area contributed by atoms with Crippen LogP contribution in [0, 0.1) is 5.82 Å². The number of hydrogen-bond donors (Lipinski definition) is 1. The smallest absolute Gasteiger partial charge is 0.311 e. The summed E-state index contributed by atoms with van der Waals surface area (Å²) in [6.07, 6.45) is 0. The second-order valence-electron chi connectivity index (χ2n) is 4.57. The highest BCUT2D eigenvalue weighted by Crippen LogP contribution is 2.19. The molecule has 0 bridgehead atoms. The lowest BCUT2D eigenvalue weighted by molar-refractivity contribution is -0.145. The molecule has 112 valence electrons. The number of rotatable bonds is 1. The van der Waals surface area contributed by atoms with Crippen molar-refractivity contribution in [3.63, 3.8) is 0 Å². The predicted octanol–water partition coefficient (Wildman–Crippen LogP) is 0.249. The zero-order valence-corrected chi connectivity index (χ0v) is 11.8. The number of nitrogens with zero attached hydrogens (tertiary/aromatic N) is 2. The molecule has 0 saturated carbocycles. The molecule has 0 spiro atoms. The highest BCUT2D eigenvalue weighted by molar-refractivity contribution is 6.34. The topological polar surface area (TPSA) is 83.7 Å². The second-order valence-corrected chi connectivity index (χ2v) is 4.98. The van der Waals surface area contributed by atoms with Gasteiger partial charge < -0.3 is 15.5 Å². The van der Waals surface area contributed by atoms with Gasteiger partial charge in [-0.1, -0.05) is 11.6 Å². The van der Waals surface area contributed by atoms with Gasteiger partial charge >= 0.3 is 11.8 Å². The lowest BCUT2D eigenvalue weighted by Crippen LogP contribution is -2.53. The predicted molar refractivity (Wildman–Crippen MR) is 73.1 cm³/mol. The van der Waals surface area contributed by atoms with E-state index in [0.29, 0.717) is 0 Å². The first-order valence-electron chi connectivity index (χ1n) is 6.23. The van der Waals surface area contributed by atoms with Crippen LogP contribution in [0.4, 0.5) is 4.39 Å². The third kappa shape index (κ3) is 3.30. The molecule has 21 heavy (non-hydrogen) atoms. The van der Waals surface area contributed by atoms with Gasteiger partial charge in [0.25, 0.3) is 5.91 Å². The van der Waals surface area contributed by atoms with Gasteiger partial charge in [-0.25, -0.2) is 4.39 Å². The molecule has 2 rings (SSSR count). The highest BCUT2D eigenvalue weighted by atomic mass is 35.5. The van der Waals surface area contributed by atoms with Crippen molar-refractivity contribution in [2.24, 2.45) is 5.73 Å². The number of halogens is 2. The molecule has 3 amide bonds. The highest BCUT2D eigenvalue weighted by Gasteiger charge is 2.27. The van der Waals surface area contributed by atoms with Gasteiger partial charge in [0.1, 0.15) is 5.82 Å².